The SMILES string of the molecule is CC(C)CC(CNC(=O)Nc1ccc(C(F)(F)F)cc1)C(=O)O. The molecular formula is C15H19F3N2O3. The third-order valence-electron chi connectivity index (χ3n) is 3.08. The van der Waals surface area contributed by atoms with Crippen LogP contribution in [0.2, 0.25) is 0 Å². The lowest BCUT2D eigenvalue weighted by molar-refractivity contribution is -0.142. The maximum Gasteiger partial charge on any atom is 0.416 e. The lowest BCUT2D eigenvalue weighted by Gasteiger charge is -2.16. The van der Waals surface area contributed by atoms with Gasteiger partial charge in [-0.25, -0.2) is 4.79 Å². The summed E-state index contributed by atoms with van der Waals surface area (Å²) >= 11 is 0. The zero-order chi connectivity index (χ0) is 17.6. The van der Waals surface area contributed by atoms with Crippen molar-refractivity contribution in [1.82, 2.24) is 5.32 Å². The molecule has 0 heterocycles. The number of hydrogen-bond acceptors (Lipinski definition) is 2. The van der Waals surface area contributed by atoms with Crippen LogP contribution in [0, 0.1) is 11.8 Å². The van der Waals surface area contributed by atoms with Gasteiger partial charge >= 0.3 is 18.2 Å². The highest BCUT2D eigenvalue weighted by Crippen LogP contribution is 2.29. The molecule has 0 fully saturated rings. The summed E-state index contributed by atoms with van der Waals surface area (Å²) in [4.78, 5) is 22.7. The Morgan fingerprint density at radius 1 is 1.17 bits per heavy atom. The number of hydrogen-bond donors (Lipinski definition) is 3. The van der Waals surface area contributed by atoms with E-state index in [0.29, 0.717) is 6.42 Å². The van der Waals surface area contributed by atoms with Crippen LogP contribution in [0.25, 0.3) is 0 Å². The Hall–Kier alpha value is -2.25. The van der Waals surface area contributed by atoms with E-state index in [2.05, 4.69) is 10.6 Å². The fourth-order valence-electron chi connectivity index (χ4n) is 1.97. The van der Waals surface area contributed by atoms with E-state index in [-0.39, 0.29) is 18.2 Å². The van der Waals surface area contributed by atoms with Gasteiger partial charge in [0.25, 0.3) is 0 Å². The van der Waals surface area contributed by atoms with Crippen LogP contribution in [0.3, 0.4) is 0 Å². The minimum absolute atomic E-state index is 0.0556. The van der Waals surface area contributed by atoms with Crippen molar-refractivity contribution in [3.63, 3.8) is 0 Å². The van der Waals surface area contributed by atoms with Crippen LogP contribution in [0.5, 0.6) is 0 Å². The first kappa shape index (κ1) is 18.8. The van der Waals surface area contributed by atoms with Crippen molar-refractivity contribution in [3.05, 3.63) is 29.8 Å². The molecule has 0 aromatic heterocycles. The zero-order valence-electron chi connectivity index (χ0n) is 12.8. The Labute approximate surface area is 131 Å². The molecular weight excluding hydrogens is 313 g/mol. The van der Waals surface area contributed by atoms with E-state index >= 15 is 0 Å². The molecule has 2 amide bonds. The molecule has 3 N–H and O–H groups in total. The number of urea groups is 1. The van der Waals surface area contributed by atoms with Crippen LogP contribution < -0.4 is 10.6 Å². The van der Waals surface area contributed by atoms with Gasteiger partial charge in [0.1, 0.15) is 0 Å². The van der Waals surface area contributed by atoms with Crippen molar-refractivity contribution in [3.8, 4) is 0 Å². The number of carbonyl (C=O) groups excluding carboxylic acids is 1. The first-order valence-electron chi connectivity index (χ1n) is 7.04. The topological polar surface area (TPSA) is 78.4 Å². The summed E-state index contributed by atoms with van der Waals surface area (Å²) in [6.45, 7) is 3.69. The lowest BCUT2D eigenvalue weighted by Crippen LogP contribution is -2.36. The van der Waals surface area contributed by atoms with Gasteiger partial charge in [-0.15, -0.1) is 0 Å². The summed E-state index contributed by atoms with van der Waals surface area (Å²) in [5.74, 6) is -1.56. The second-order valence-electron chi connectivity index (χ2n) is 5.57. The summed E-state index contributed by atoms with van der Waals surface area (Å²) < 4.78 is 37.2. The summed E-state index contributed by atoms with van der Waals surface area (Å²) in [5.41, 5.74) is -0.627. The second-order valence-corrected chi connectivity index (χ2v) is 5.57. The van der Waals surface area contributed by atoms with Crippen LogP contribution in [0.15, 0.2) is 24.3 Å². The molecule has 0 spiro atoms. The maximum absolute atomic E-state index is 12.4. The van der Waals surface area contributed by atoms with E-state index in [0.717, 1.165) is 24.3 Å². The number of rotatable bonds is 6. The molecule has 1 aromatic rings. The van der Waals surface area contributed by atoms with Crippen LogP contribution in [0.4, 0.5) is 23.7 Å². The quantitative estimate of drug-likeness (QED) is 0.745. The highest BCUT2D eigenvalue weighted by atomic mass is 19.4. The van der Waals surface area contributed by atoms with Gasteiger partial charge in [0.15, 0.2) is 0 Å². The Morgan fingerprint density at radius 2 is 1.74 bits per heavy atom. The monoisotopic (exact) mass is 332 g/mol. The Morgan fingerprint density at radius 3 is 2.17 bits per heavy atom. The van der Waals surface area contributed by atoms with Crippen molar-refractivity contribution in [2.45, 2.75) is 26.4 Å². The van der Waals surface area contributed by atoms with Crippen LogP contribution in [0.1, 0.15) is 25.8 Å². The summed E-state index contributed by atoms with van der Waals surface area (Å²) in [5, 5.41) is 13.8. The van der Waals surface area contributed by atoms with Crippen molar-refractivity contribution < 1.29 is 27.9 Å². The van der Waals surface area contributed by atoms with Gasteiger partial charge in [-0.3, -0.25) is 4.79 Å². The molecule has 0 aliphatic carbocycles. The summed E-state index contributed by atoms with van der Waals surface area (Å²) in [7, 11) is 0. The molecule has 1 aromatic carbocycles. The number of halogens is 3. The number of benzene rings is 1. The van der Waals surface area contributed by atoms with Gasteiger partial charge in [-0.1, -0.05) is 13.8 Å². The molecule has 1 atom stereocenters. The van der Waals surface area contributed by atoms with Gasteiger partial charge < -0.3 is 15.7 Å². The number of carboxylic acid groups (broad SMARTS) is 1. The summed E-state index contributed by atoms with van der Waals surface area (Å²) in [6.07, 6.45) is -4.03. The van der Waals surface area contributed by atoms with Gasteiger partial charge in [0, 0.05) is 12.2 Å². The third kappa shape index (κ3) is 6.58. The van der Waals surface area contributed by atoms with Crippen molar-refractivity contribution >= 4 is 17.7 Å². The average molecular weight is 332 g/mol. The number of anilines is 1. The molecule has 0 radical (unpaired) electrons. The fraction of sp³-hybridized carbons (Fsp3) is 0.467. The predicted octanol–water partition coefficient (Wildman–Crippen LogP) is 3.57. The van der Waals surface area contributed by atoms with Gasteiger partial charge in [-0.05, 0) is 36.6 Å². The highest BCUT2D eigenvalue weighted by molar-refractivity contribution is 5.89. The van der Waals surface area contributed by atoms with Crippen molar-refractivity contribution in [1.29, 1.82) is 0 Å². The minimum atomic E-state index is -4.44. The number of carbonyl (C=O) groups is 2. The molecule has 23 heavy (non-hydrogen) atoms. The van der Waals surface area contributed by atoms with Crippen LogP contribution in [-0.2, 0) is 11.0 Å². The number of alkyl halides is 3. The number of carboxylic acids is 1. The fourth-order valence-corrected chi connectivity index (χ4v) is 1.97. The van der Waals surface area contributed by atoms with E-state index in [9.17, 15) is 22.8 Å². The zero-order valence-corrected chi connectivity index (χ0v) is 12.8. The Balaban J connectivity index is 2.54. The molecule has 5 nitrogen and oxygen atoms in total. The van der Waals surface area contributed by atoms with Crippen LogP contribution >= 0.6 is 0 Å². The van der Waals surface area contributed by atoms with Crippen molar-refractivity contribution in [2.75, 3.05) is 11.9 Å². The first-order chi connectivity index (χ1) is 10.6. The highest BCUT2D eigenvalue weighted by Gasteiger charge is 2.30. The molecule has 0 saturated heterocycles. The number of aliphatic carboxylic acids is 1. The molecule has 0 saturated carbocycles. The number of amides is 2. The first-order valence-corrected chi connectivity index (χ1v) is 7.04. The molecule has 1 rings (SSSR count). The molecule has 0 bridgehead atoms. The molecule has 8 heteroatoms. The maximum atomic E-state index is 12.4. The Kier molecular flexibility index (Phi) is 6.41. The second kappa shape index (κ2) is 7.85. The lowest BCUT2D eigenvalue weighted by atomic mass is 9.97. The summed E-state index contributed by atoms with van der Waals surface area (Å²) in [6, 6.07) is 3.30. The average Bonchev–Trinajstić information content (AvgIpc) is 2.42. The normalized spacial score (nSPS) is 12.8. The van der Waals surface area contributed by atoms with Crippen molar-refractivity contribution in [2.24, 2.45) is 11.8 Å². The van der Waals surface area contributed by atoms with Crippen LogP contribution in [-0.4, -0.2) is 23.7 Å². The smallest absolute Gasteiger partial charge is 0.416 e. The van der Waals surface area contributed by atoms with E-state index in [4.69, 9.17) is 5.11 Å². The van der Waals surface area contributed by atoms with Gasteiger partial charge in [0.2, 0.25) is 0 Å². The standard InChI is InChI=1S/C15H19F3N2O3/c1-9(2)7-10(13(21)22)8-19-14(23)20-12-5-3-11(4-6-12)15(16,17)18/h3-6,9-10H,7-8H2,1-2H3,(H,21,22)(H2,19,20,23). The van der Waals surface area contributed by atoms with E-state index in [1.165, 1.54) is 0 Å². The molecule has 1 unspecified atom stereocenters. The molecule has 128 valence electrons. The van der Waals surface area contributed by atoms with Gasteiger partial charge in [0.05, 0.1) is 11.5 Å². The third-order valence-corrected chi connectivity index (χ3v) is 3.08. The van der Waals surface area contributed by atoms with Gasteiger partial charge in [-0.2, -0.15) is 13.2 Å². The molecule has 0 aliphatic heterocycles. The Bertz CT molecular complexity index is 542. The largest absolute Gasteiger partial charge is 0.481 e. The predicted molar refractivity (Wildman–Crippen MR) is 79.0 cm³/mol. The van der Waals surface area contributed by atoms with E-state index in [1.54, 1.807) is 0 Å². The van der Waals surface area contributed by atoms with E-state index in [1.807, 2.05) is 13.8 Å². The number of nitrogens with one attached hydrogen (secondary N) is 2. The minimum Gasteiger partial charge on any atom is -0.481 e. The van der Waals surface area contributed by atoms with E-state index < -0.39 is 29.7 Å². The molecule has 0 aliphatic rings.